The molecule has 0 amide bonds. The lowest BCUT2D eigenvalue weighted by molar-refractivity contribution is 0.112. The van der Waals surface area contributed by atoms with Crippen LogP contribution in [0.3, 0.4) is 0 Å². The average molecular weight is 249 g/mol. The van der Waals surface area contributed by atoms with Crippen molar-refractivity contribution in [2.45, 2.75) is 23.1 Å². The van der Waals surface area contributed by atoms with E-state index in [2.05, 4.69) is 4.98 Å². The first-order chi connectivity index (χ1) is 7.69. The number of thiazole rings is 1. The number of carbonyl (C=O) groups excluding carboxylic acids is 1. The van der Waals surface area contributed by atoms with Crippen molar-refractivity contribution in [2.75, 3.05) is 0 Å². The predicted octanol–water partition coefficient (Wildman–Crippen LogP) is 3.72. The normalized spacial score (nSPS) is 10.4. The smallest absolute Gasteiger partial charge is 0.154 e. The Bertz CT molecular complexity index is 519. The van der Waals surface area contributed by atoms with Crippen molar-refractivity contribution < 1.29 is 4.79 Å². The SMILES string of the molecule is Cc1csc(Sc2ccc(C=O)cc2C)n1. The van der Waals surface area contributed by atoms with Gasteiger partial charge in [-0.15, -0.1) is 11.3 Å². The number of aromatic nitrogens is 1. The van der Waals surface area contributed by atoms with Gasteiger partial charge in [-0.05, 0) is 31.5 Å². The molecular formula is C12H11NOS2. The largest absolute Gasteiger partial charge is 0.298 e. The fourth-order valence-corrected chi connectivity index (χ4v) is 3.19. The number of hydrogen-bond donors (Lipinski definition) is 0. The van der Waals surface area contributed by atoms with Gasteiger partial charge >= 0.3 is 0 Å². The summed E-state index contributed by atoms with van der Waals surface area (Å²) in [4.78, 5) is 16.2. The molecule has 0 N–H and O–H groups in total. The van der Waals surface area contributed by atoms with Crippen LogP contribution in [0.4, 0.5) is 0 Å². The molecule has 0 aliphatic rings. The minimum absolute atomic E-state index is 0.720. The Hall–Kier alpha value is -1.13. The van der Waals surface area contributed by atoms with Crippen molar-refractivity contribution >= 4 is 29.4 Å². The Morgan fingerprint density at radius 1 is 1.38 bits per heavy atom. The molecule has 0 bridgehead atoms. The average Bonchev–Trinajstić information content (AvgIpc) is 2.67. The maximum absolute atomic E-state index is 10.6. The lowest BCUT2D eigenvalue weighted by atomic mass is 10.2. The third kappa shape index (κ3) is 2.51. The van der Waals surface area contributed by atoms with Crippen LogP contribution < -0.4 is 0 Å². The standard InChI is InChI=1S/C12H11NOS2/c1-8-5-10(6-14)3-4-11(8)16-12-13-9(2)7-15-12/h3-7H,1-2H3. The summed E-state index contributed by atoms with van der Waals surface area (Å²) in [6.07, 6.45) is 0.870. The summed E-state index contributed by atoms with van der Waals surface area (Å²) < 4.78 is 1.04. The molecule has 0 radical (unpaired) electrons. The highest BCUT2D eigenvalue weighted by atomic mass is 32.2. The molecule has 2 rings (SSSR count). The van der Waals surface area contributed by atoms with Crippen LogP contribution in [0.1, 0.15) is 21.6 Å². The van der Waals surface area contributed by atoms with Gasteiger partial charge in [-0.3, -0.25) is 4.79 Å². The van der Waals surface area contributed by atoms with E-state index in [0.717, 1.165) is 32.3 Å². The Labute approximate surface area is 103 Å². The number of benzene rings is 1. The lowest BCUT2D eigenvalue weighted by Gasteiger charge is -2.03. The maximum atomic E-state index is 10.6. The van der Waals surface area contributed by atoms with Crippen molar-refractivity contribution in [1.82, 2.24) is 4.98 Å². The van der Waals surface area contributed by atoms with Crippen molar-refractivity contribution in [3.8, 4) is 0 Å². The first-order valence-corrected chi connectivity index (χ1v) is 6.54. The number of aldehydes is 1. The molecule has 2 nitrogen and oxygen atoms in total. The van der Waals surface area contributed by atoms with Gasteiger partial charge in [0, 0.05) is 21.5 Å². The van der Waals surface area contributed by atoms with Crippen LogP contribution in [0.5, 0.6) is 0 Å². The molecule has 0 fully saturated rings. The number of carbonyl (C=O) groups is 1. The molecule has 2 aromatic rings. The quantitative estimate of drug-likeness (QED) is 0.776. The number of aryl methyl sites for hydroxylation is 2. The summed E-state index contributed by atoms with van der Waals surface area (Å²) in [5.74, 6) is 0. The molecule has 0 atom stereocenters. The van der Waals surface area contributed by atoms with Gasteiger partial charge in [0.05, 0.1) is 0 Å². The van der Waals surface area contributed by atoms with Gasteiger partial charge in [-0.25, -0.2) is 4.98 Å². The molecule has 0 saturated heterocycles. The predicted molar refractivity (Wildman–Crippen MR) is 67.5 cm³/mol. The monoisotopic (exact) mass is 249 g/mol. The zero-order valence-corrected chi connectivity index (χ0v) is 10.7. The third-order valence-electron chi connectivity index (χ3n) is 2.13. The third-order valence-corrected chi connectivity index (χ3v) is 4.36. The number of rotatable bonds is 3. The summed E-state index contributed by atoms with van der Waals surface area (Å²) in [6.45, 7) is 4.00. The highest BCUT2D eigenvalue weighted by molar-refractivity contribution is 8.01. The number of hydrogen-bond acceptors (Lipinski definition) is 4. The zero-order chi connectivity index (χ0) is 11.5. The highest BCUT2D eigenvalue weighted by Gasteiger charge is 2.05. The topological polar surface area (TPSA) is 30.0 Å². The molecule has 0 aliphatic heterocycles. The van der Waals surface area contributed by atoms with Crippen molar-refractivity contribution in [1.29, 1.82) is 0 Å². The molecule has 1 aromatic heterocycles. The van der Waals surface area contributed by atoms with Crippen LogP contribution >= 0.6 is 23.1 Å². The van der Waals surface area contributed by atoms with Gasteiger partial charge in [0.15, 0.2) is 4.34 Å². The van der Waals surface area contributed by atoms with E-state index in [4.69, 9.17) is 0 Å². The first kappa shape index (κ1) is 11.4. The summed E-state index contributed by atoms with van der Waals surface area (Å²) in [6, 6.07) is 5.71. The van der Waals surface area contributed by atoms with Gasteiger partial charge in [0.2, 0.25) is 0 Å². The van der Waals surface area contributed by atoms with Crippen LogP contribution in [0.2, 0.25) is 0 Å². The van der Waals surface area contributed by atoms with Gasteiger partial charge in [0.25, 0.3) is 0 Å². The molecule has 4 heteroatoms. The summed E-state index contributed by atoms with van der Waals surface area (Å²) in [5, 5.41) is 2.04. The van der Waals surface area contributed by atoms with E-state index in [-0.39, 0.29) is 0 Å². The number of nitrogens with zero attached hydrogens (tertiary/aromatic N) is 1. The molecule has 16 heavy (non-hydrogen) atoms. The van der Waals surface area contributed by atoms with E-state index in [1.54, 1.807) is 23.1 Å². The molecule has 0 saturated carbocycles. The van der Waals surface area contributed by atoms with Gasteiger partial charge in [0.1, 0.15) is 6.29 Å². The van der Waals surface area contributed by atoms with Crippen molar-refractivity contribution in [2.24, 2.45) is 0 Å². The van der Waals surface area contributed by atoms with E-state index in [0.29, 0.717) is 0 Å². The summed E-state index contributed by atoms with van der Waals surface area (Å²) in [7, 11) is 0. The van der Waals surface area contributed by atoms with Crippen LogP contribution in [0.25, 0.3) is 0 Å². The van der Waals surface area contributed by atoms with Crippen LogP contribution in [0, 0.1) is 13.8 Å². The fraction of sp³-hybridized carbons (Fsp3) is 0.167. The van der Waals surface area contributed by atoms with Crippen molar-refractivity contribution in [3.63, 3.8) is 0 Å². The van der Waals surface area contributed by atoms with Crippen molar-refractivity contribution in [3.05, 3.63) is 40.4 Å². The Balaban J connectivity index is 2.25. The second-order valence-corrected chi connectivity index (χ2v) is 5.65. The van der Waals surface area contributed by atoms with E-state index in [1.807, 2.05) is 37.4 Å². The van der Waals surface area contributed by atoms with Gasteiger partial charge < -0.3 is 0 Å². The molecule has 1 aromatic carbocycles. The Morgan fingerprint density at radius 3 is 2.75 bits per heavy atom. The molecular weight excluding hydrogens is 238 g/mol. The molecule has 0 unspecified atom stereocenters. The van der Waals surface area contributed by atoms with Crippen LogP contribution in [-0.2, 0) is 0 Å². The lowest BCUT2D eigenvalue weighted by Crippen LogP contribution is -1.84. The minimum Gasteiger partial charge on any atom is -0.298 e. The molecule has 82 valence electrons. The molecule has 0 aliphatic carbocycles. The second kappa shape index (κ2) is 4.80. The van der Waals surface area contributed by atoms with Crippen LogP contribution in [0.15, 0.2) is 32.8 Å². The van der Waals surface area contributed by atoms with E-state index in [9.17, 15) is 4.79 Å². The zero-order valence-electron chi connectivity index (χ0n) is 9.06. The highest BCUT2D eigenvalue weighted by Crippen LogP contribution is 2.32. The fourth-order valence-electron chi connectivity index (χ4n) is 1.33. The molecule has 1 heterocycles. The van der Waals surface area contributed by atoms with Gasteiger partial charge in [-0.1, -0.05) is 17.8 Å². The first-order valence-electron chi connectivity index (χ1n) is 4.85. The van der Waals surface area contributed by atoms with E-state index in [1.165, 1.54) is 0 Å². The minimum atomic E-state index is 0.720. The van der Waals surface area contributed by atoms with E-state index < -0.39 is 0 Å². The maximum Gasteiger partial charge on any atom is 0.154 e. The summed E-state index contributed by atoms with van der Waals surface area (Å²) in [5.41, 5.74) is 2.88. The molecule has 0 spiro atoms. The Kier molecular flexibility index (Phi) is 3.41. The van der Waals surface area contributed by atoms with Gasteiger partial charge in [-0.2, -0.15) is 0 Å². The van der Waals surface area contributed by atoms with E-state index >= 15 is 0 Å². The second-order valence-electron chi connectivity index (χ2n) is 3.50. The van der Waals surface area contributed by atoms with Crippen LogP contribution in [-0.4, -0.2) is 11.3 Å². The Morgan fingerprint density at radius 2 is 2.19 bits per heavy atom. The summed E-state index contributed by atoms with van der Waals surface area (Å²) >= 11 is 3.29.